The van der Waals surface area contributed by atoms with Gasteiger partial charge in [-0.1, -0.05) is 59.6 Å². The lowest BCUT2D eigenvalue weighted by molar-refractivity contribution is -0.0846. The molecule has 0 saturated carbocycles. The number of ether oxygens (including phenoxy) is 1. The van der Waals surface area contributed by atoms with E-state index in [1.165, 1.54) is 10.6 Å². The van der Waals surface area contributed by atoms with E-state index in [4.69, 9.17) is 32.9 Å². The molecule has 3 aliphatic heterocycles. The molecule has 1 amide bonds. The van der Waals surface area contributed by atoms with Crippen LogP contribution in [0.4, 0.5) is 5.69 Å². The summed E-state index contributed by atoms with van der Waals surface area (Å²) in [4.78, 5) is 27.3. The monoisotopic (exact) mass is 709 g/mol. The summed E-state index contributed by atoms with van der Waals surface area (Å²) < 4.78 is 32.7. The molecule has 11 nitrogen and oxygen atoms in total. The van der Waals surface area contributed by atoms with Crippen LogP contribution < -0.4 is 10.1 Å². The van der Waals surface area contributed by atoms with Crippen LogP contribution in [-0.4, -0.2) is 96.1 Å². The van der Waals surface area contributed by atoms with Crippen molar-refractivity contribution in [1.29, 1.82) is 0 Å². The van der Waals surface area contributed by atoms with Gasteiger partial charge in [-0.3, -0.25) is 9.69 Å². The Hall–Kier alpha value is -3.52. The lowest BCUT2D eigenvalue weighted by Crippen LogP contribution is -2.72. The van der Waals surface area contributed by atoms with Gasteiger partial charge in [0.1, 0.15) is 0 Å². The summed E-state index contributed by atoms with van der Waals surface area (Å²) in [7, 11) is 2.38. The highest BCUT2D eigenvalue weighted by Crippen LogP contribution is 2.43. The Balaban J connectivity index is 1.09. The molecule has 0 atom stereocenters. The van der Waals surface area contributed by atoms with E-state index in [1.807, 2.05) is 61.1 Å². The zero-order valence-electron chi connectivity index (χ0n) is 27.3. The fourth-order valence-corrected chi connectivity index (χ4v) is 8.74. The Morgan fingerprint density at radius 3 is 2.35 bits per heavy atom. The van der Waals surface area contributed by atoms with E-state index in [1.54, 1.807) is 13.2 Å². The molecule has 14 heteroatoms. The molecule has 1 spiro atoms. The third-order valence-corrected chi connectivity index (χ3v) is 11.6. The predicted molar refractivity (Wildman–Crippen MR) is 187 cm³/mol. The number of likely N-dealkylation sites (tertiary alicyclic amines) is 1. The summed E-state index contributed by atoms with van der Waals surface area (Å²) in [5.41, 5.74) is 6.17. The van der Waals surface area contributed by atoms with Crippen molar-refractivity contribution in [3.05, 3.63) is 81.4 Å². The first-order chi connectivity index (χ1) is 22.9. The van der Waals surface area contributed by atoms with Crippen LogP contribution in [0.25, 0.3) is 22.4 Å². The SMILES string of the molecule is COc1nc(-c2cccc(-c3cccc(NC(=O)c4nc5c(n4C)CCN(C)C5)c3Cl)c2Cl)ccc1CN1CC2(C1)CN(S(C)(=O)=O)C2. The summed E-state index contributed by atoms with van der Waals surface area (Å²) in [6.07, 6.45) is 2.10. The van der Waals surface area contributed by atoms with Gasteiger partial charge in [-0.25, -0.2) is 22.7 Å². The molecule has 0 bridgehead atoms. The minimum Gasteiger partial charge on any atom is -0.481 e. The molecular weight excluding hydrogens is 673 g/mol. The van der Waals surface area contributed by atoms with Crippen molar-refractivity contribution in [1.82, 2.24) is 28.6 Å². The van der Waals surface area contributed by atoms with E-state index < -0.39 is 10.0 Å². The van der Waals surface area contributed by atoms with Gasteiger partial charge in [0.25, 0.3) is 5.91 Å². The molecule has 4 aromatic rings. The van der Waals surface area contributed by atoms with Gasteiger partial charge in [0.2, 0.25) is 15.9 Å². The number of anilines is 1. The number of sulfonamides is 1. The maximum absolute atomic E-state index is 13.4. The second-order valence-electron chi connectivity index (χ2n) is 13.2. The van der Waals surface area contributed by atoms with Crippen LogP contribution in [0.2, 0.25) is 10.0 Å². The molecule has 1 N–H and O–H groups in total. The summed E-state index contributed by atoms with van der Waals surface area (Å²) in [5, 5.41) is 3.79. The highest BCUT2D eigenvalue weighted by atomic mass is 35.5. The molecular formula is C34H37Cl2N7O4S. The number of methoxy groups -OCH3 is 1. The average Bonchev–Trinajstić information content (AvgIpc) is 3.33. The smallest absolute Gasteiger partial charge is 0.291 e. The number of amides is 1. The number of hydrogen-bond donors (Lipinski definition) is 1. The largest absolute Gasteiger partial charge is 0.481 e. The Morgan fingerprint density at radius 2 is 1.65 bits per heavy atom. The summed E-state index contributed by atoms with van der Waals surface area (Å²) >= 11 is 14.0. The molecule has 2 saturated heterocycles. The van der Waals surface area contributed by atoms with E-state index in [0.29, 0.717) is 76.0 Å². The molecule has 252 valence electrons. The molecule has 2 aromatic carbocycles. The number of nitrogens with one attached hydrogen (secondary N) is 1. The Labute approximate surface area is 290 Å². The second-order valence-corrected chi connectivity index (χ2v) is 15.9. The first-order valence-electron chi connectivity index (χ1n) is 15.7. The summed E-state index contributed by atoms with van der Waals surface area (Å²) in [6.45, 7) is 5.10. The van der Waals surface area contributed by atoms with Crippen LogP contribution in [0.1, 0.15) is 27.6 Å². The Morgan fingerprint density at radius 1 is 0.958 bits per heavy atom. The predicted octanol–water partition coefficient (Wildman–Crippen LogP) is 4.78. The van der Waals surface area contributed by atoms with Gasteiger partial charge in [-0.15, -0.1) is 0 Å². The van der Waals surface area contributed by atoms with Crippen molar-refractivity contribution in [3.8, 4) is 28.3 Å². The number of imidazole rings is 1. The number of benzene rings is 2. The Kier molecular flexibility index (Phi) is 8.54. The molecule has 3 aliphatic rings. The zero-order valence-corrected chi connectivity index (χ0v) is 29.6. The minimum atomic E-state index is -3.13. The highest BCUT2D eigenvalue weighted by molar-refractivity contribution is 7.88. The van der Waals surface area contributed by atoms with E-state index in [9.17, 15) is 13.2 Å². The molecule has 0 unspecified atom stereocenters. The van der Waals surface area contributed by atoms with Crippen LogP contribution in [0.3, 0.4) is 0 Å². The van der Waals surface area contributed by atoms with E-state index >= 15 is 0 Å². The molecule has 0 aliphatic carbocycles. The van der Waals surface area contributed by atoms with Crippen LogP contribution in [-0.2, 0) is 36.6 Å². The van der Waals surface area contributed by atoms with Crippen LogP contribution in [0.15, 0.2) is 48.5 Å². The van der Waals surface area contributed by atoms with Gasteiger partial charge in [0, 0.05) is 92.6 Å². The van der Waals surface area contributed by atoms with Crippen molar-refractivity contribution in [2.24, 2.45) is 12.5 Å². The van der Waals surface area contributed by atoms with Gasteiger partial charge >= 0.3 is 0 Å². The van der Waals surface area contributed by atoms with Crippen molar-refractivity contribution in [2.45, 2.75) is 19.5 Å². The number of halogens is 2. The van der Waals surface area contributed by atoms with Gasteiger partial charge in [0.05, 0.1) is 40.5 Å². The number of carbonyl (C=O) groups excluding carboxylic acids is 1. The summed E-state index contributed by atoms with van der Waals surface area (Å²) in [6, 6.07) is 15.1. The number of hydrogen-bond acceptors (Lipinski definition) is 8. The number of aromatic nitrogens is 3. The summed E-state index contributed by atoms with van der Waals surface area (Å²) in [5.74, 6) is 0.518. The minimum absolute atomic E-state index is 0.0496. The van der Waals surface area contributed by atoms with Gasteiger partial charge in [-0.05, 0) is 19.2 Å². The van der Waals surface area contributed by atoms with Gasteiger partial charge in [0.15, 0.2) is 5.82 Å². The normalized spacial score (nSPS) is 17.9. The average molecular weight is 711 g/mol. The third-order valence-electron chi connectivity index (χ3n) is 9.60. The van der Waals surface area contributed by atoms with Crippen LogP contribution in [0.5, 0.6) is 5.88 Å². The molecule has 0 radical (unpaired) electrons. The van der Waals surface area contributed by atoms with Gasteiger partial charge in [-0.2, -0.15) is 0 Å². The standard InChI is InChI=1S/C34H37Cl2N7O4S/c1-40-14-13-28-27(16-40)37-31(41(28)2)32(44)38-26-10-6-8-23(30(26)36)22-7-5-9-24(29(22)35)25-12-11-21(33(39-25)47-3)15-42-17-34(18-42)19-43(20-34)48(4,45)46/h5-12H,13-20H2,1-4H3,(H,38,44). The Bertz CT molecular complexity index is 2040. The quantitative estimate of drug-likeness (QED) is 0.278. The fraction of sp³-hybridized carbons (Fsp3) is 0.382. The van der Waals surface area contributed by atoms with Crippen molar-refractivity contribution >= 4 is 44.8 Å². The van der Waals surface area contributed by atoms with Crippen molar-refractivity contribution in [2.75, 3.05) is 58.5 Å². The first-order valence-corrected chi connectivity index (χ1v) is 18.3. The number of likely N-dealkylation sites (N-methyl/N-ethyl adjacent to an activating group) is 1. The van der Waals surface area contributed by atoms with E-state index in [-0.39, 0.29) is 11.3 Å². The molecule has 2 fully saturated rings. The number of rotatable bonds is 8. The lowest BCUT2D eigenvalue weighted by Gasteiger charge is -2.59. The number of carbonyl (C=O) groups is 1. The highest BCUT2D eigenvalue weighted by Gasteiger charge is 2.54. The first kappa shape index (κ1) is 33.0. The molecule has 5 heterocycles. The van der Waals surface area contributed by atoms with E-state index in [0.717, 1.165) is 43.0 Å². The third kappa shape index (κ3) is 5.99. The van der Waals surface area contributed by atoms with E-state index in [2.05, 4.69) is 20.1 Å². The molecule has 2 aromatic heterocycles. The molecule has 7 rings (SSSR count). The topological polar surface area (TPSA) is 113 Å². The van der Waals surface area contributed by atoms with Gasteiger partial charge < -0.3 is 19.5 Å². The second kappa shape index (κ2) is 12.4. The van der Waals surface area contributed by atoms with Crippen molar-refractivity contribution in [3.63, 3.8) is 0 Å². The number of pyridine rings is 1. The van der Waals surface area contributed by atoms with Crippen molar-refractivity contribution < 1.29 is 17.9 Å². The maximum atomic E-state index is 13.4. The number of fused-ring (bicyclic) bond motifs is 1. The zero-order chi connectivity index (χ0) is 34.0. The fourth-order valence-electron chi connectivity index (χ4n) is 7.12. The molecule has 48 heavy (non-hydrogen) atoms. The van der Waals surface area contributed by atoms with Crippen LogP contribution >= 0.6 is 23.2 Å². The number of nitrogens with zero attached hydrogens (tertiary/aromatic N) is 6. The lowest BCUT2D eigenvalue weighted by atomic mass is 9.74. The maximum Gasteiger partial charge on any atom is 0.291 e. The van der Waals surface area contributed by atoms with Crippen LogP contribution in [0, 0.1) is 5.41 Å².